The first-order chi connectivity index (χ1) is 9.04. The van der Waals surface area contributed by atoms with Gasteiger partial charge in [0.1, 0.15) is 0 Å². The second-order valence-corrected chi connectivity index (χ2v) is 5.18. The molecule has 7 heteroatoms. The average molecular weight is 284 g/mol. The number of amides is 3. The lowest BCUT2D eigenvalue weighted by Gasteiger charge is -2.21. The van der Waals surface area contributed by atoms with E-state index in [1.54, 1.807) is 11.9 Å². The first-order valence-corrected chi connectivity index (χ1v) is 6.90. The van der Waals surface area contributed by atoms with E-state index in [0.717, 1.165) is 11.4 Å². The highest BCUT2D eigenvalue weighted by Gasteiger charge is 2.20. The van der Waals surface area contributed by atoms with E-state index < -0.39 is 6.03 Å². The number of likely N-dealkylation sites (N-methyl/N-ethyl adjacent to an activating group) is 2. The van der Waals surface area contributed by atoms with Crippen molar-refractivity contribution in [1.82, 2.24) is 15.5 Å². The number of carbonyl (C=O) groups excluding carboxylic acids is 2. The fourth-order valence-electron chi connectivity index (χ4n) is 1.62. The Morgan fingerprint density at radius 3 is 2.79 bits per heavy atom. The van der Waals surface area contributed by atoms with Crippen LogP contribution in [0.15, 0.2) is 17.5 Å². The number of nitrogens with two attached hydrogens (primary N) is 1. The van der Waals surface area contributed by atoms with Gasteiger partial charge >= 0.3 is 6.03 Å². The molecule has 0 saturated carbocycles. The van der Waals surface area contributed by atoms with Crippen molar-refractivity contribution >= 4 is 23.3 Å². The largest absolute Gasteiger partial charge is 0.352 e. The SMILES string of the molecule is CNCCN(C)C(=O)CC(NC(N)=O)c1cccs1. The van der Waals surface area contributed by atoms with Gasteiger partial charge in [-0.2, -0.15) is 0 Å². The van der Waals surface area contributed by atoms with Crippen LogP contribution in [0.25, 0.3) is 0 Å². The molecule has 4 N–H and O–H groups in total. The molecule has 0 spiro atoms. The van der Waals surface area contributed by atoms with E-state index in [0.29, 0.717) is 6.54 Å². The summed E-state index contributed by atoms with van der Waals surface area (Å²) < 4.78 is 0. The summed E-state index contributed by atoms with van der Waals surface area (Å²) in [5.41, 5.74) is 5.15. The molecule has 0 aliphatic heterocycles. The van der Waals surface area contributed by atoms with Crippen molar-refractivity contribution in [3.8, 4) is 0 Å². The third kappa shape index (κ3) is 5.27. The lowest BCUT2D eigenvalue weighted by Crippen LogP contribution is -2.38. The third-order valence-corrected chi connectivity index (χ3v) is 3.69. The van der Waals surface area contributed by atoms with E-state index in [2.05, 4.69) is 10.6 Å². The highest BCUT2D eigenvalue weighted by Crippen LogP contribution is 2.22. The number of primary amides is 1. The molecular formula is C12H20N4O2S. The normalized spacial score (nSPS) is 11.9. The molecule has 0 radical (unpaired) electrons. The highest BCUT2D eigenvalue weighted by atomic mass is 32.1. The zero-order valence-corrected chi connectivity index (χ0v) is 12.0. The Bertz CT molecular complexity index is 408. The van der Waals surface area contributed by atoms with Gasteiger partial charge in [-0.15, -0.1) is 11.3 Å². The van der Waals surface area contributed by atoms with Gasteiger partial charge in [0.25, 0.3) is 0 Å². The Labute approximate surface area is 117 Å². The monoisotopic (exact) mass is 284 g/mol. The number of hydrogen-bond donors (Lipinski definition) is 3. The van der Waals surface area contributed by atoms with E-state index >= 15 is 0 Å². The molecule has 0 aliphatic rings. The molecule has 3 amide bonds. The minimum Gasteiger partial charge on any atom is -0.352 e. The number of urea groups is 1. The zero-order chi connectivity index (χ0) is 14.3. The fourth-order valence-corrected chi connectivity index (χ4v) is 2.40. The van der Waals surface area contributed by atoms with Gasteiger partial charge in [0, 0.05) is 25.0 Å². The van der Waals surface area contributed by atoms with Crippen LogP contribution in [0.1, 0.15) is 17.3 Å². The predicted molar refractivity (Wildman–Crippen MR) is 76.0 cm³/mol. The van der Waals surface area contributed by atoms with Gasteiger partial charge in [0.05, 0.1) is 12.5 Å². The smallest absolute Gasteiger partial charge is 0.312 e. The highest BCUT2D eigenvalue weighted by molar-refractivity contribution is 7.10. The molecule has 106 valence electrons. The average Bonchev–Trinajstić information content (AvgIpc) is 2.88. The van der Waals surface area contributed by atoms with Crippen LogP contribution >= 0.6 is 11.3 Å². The van der Waals surface area contributed by atoms with Crippen LogP contribution in [-0.4, -0.2) is 44.0 Å². The minimum absolute atomic E-state index is 0.0256. The second-order valence-electron chi connectivity index (χ2n) is 4.20. The lowest BCUT2D eigenvalue weighted by atomic mass is 10.1. The van der Waals surface area contributed by atoms with Crippen LogP contribution in [0.4, 0.5) is 4.79 Å². The van der Waals surface area contributed by atoms with Crippen molar-refractivity contribution in [2.75, 3.05) is 27.2 Å². The van der Waals surface area contributed by atoms with Crippen LogP contribution in [0.3, 0.4) is 0 Å². The van der Waals surface area contributed by atoms with Gasteiger partial charge in [-0.3, -0.25) is 4.79 Å². The Morgan fingerprint density at radius 1 is 1.53 bits per heavy atom. The molecule has 0 fully saturated rings. The molecule has 1 unspecified atom stereocenters. The molecule has 19 heavy (non-hydrogen) atoms. The Hall–Kier alpha value is -1.60. The van der Waals surface area contributed by atoms with Crippen LogP contribution in [0.5, 0.6) is 0 Å². The molecule has 6 nitrogen and oxygen atoms in total. The molecule has 0 aromatic carbocycles. The second kappa shape index (κ2) is 7.75. The summed E-state index contributed by atoms with van der Waals surface area (Å²) in [6.07, 6.45) is 0.212. The van der Waals surface area contributed by atoms with E-state index in [4.69, 9.17) is 5.73 Å². The molecule has 1 heterocycles. The summed E-state index contributed by atoms with van der Waals surface area (Å²) in [5.74, 6) is -0.0256. The maximum absolute atomic E-state index is 12.0. The van der Waals surface area contributed by atoms with Crippen LogP contribution in [0.2, 0.25) is 0 Å². The number of thiophene rings is 1. The Kier molecular flexibility index (Phi) is 6.31. The van der Waals surface area contributed by atoms with E-state index in [-0.39, 0.29) is 18.4 Å². The summed E-state index contributed by atoms with van der Waals surface area (Å²) in [4.78, 5) is 25.6. The molecule has 1 atom stereocenters. The Morgan fingerprint density at radius 2 is 2.26 bits per heavy atom. The minimum atomic E-state index is -0.621. The zero-order valence-electron chi connectivity index (χ0n) is 11.2. The predicted octanol–water partition coefficient (Wildman–Crippen LogP) is 0.525. The first-order valence-electron chi connectivity index (χ1n) is 6.02. The van der Waals surface area contributed by atoms with Crippen molar-refractivity contribution in [3.05, 3.63) is 22.4 Å². The van der Waals surface area contributed by atoms with Crippen molar-refractivity contribution in [1.29, 1.82) is 0 Å². The number of hydrogen-bond acceptors (Lipinski definition) is 4. The maximum atomic E-state index is 12.0. The van der Waals surface area contributed by atoms with Crippen LogP contribution < -0.4 is 16.4 Å². The number of carbonyl (C=O) groups is 2. The molecule has 0 saturated heterocycles. The maximum Gasteiger partial charge on any atom is 0.312 e. The number of nitrogens with zero attached hydrogens (tertiary/aromatic N) is 1. The topological polar surface area (TPSA) is 87.5 Å². The van der Waals surface area contributed by atoms with E-state index in [1.807, 2.05) is 24.6 Å². The number of rotatable bonds is 7. The molecule has 0 aliphatic carbocycles. The Balaban J connectivity index is 2.62. The molecular weight excluding hydrogens is 264 g/mol. The van der Waals surface area contributed by atoms with Crippen molar-refractivity contribution < 1.29 is 9.59 Å². The fraction of sp³-hybridized carbons (Fsp3) is 0.500. The van der Waals surface area contributed by atoms with Gasteiger partial charge in [0.15, 0.2) is 0 Å². The molecule has 1 aromatic heterocycles. The number of nitrogens with one attached hydrogen (secondary N) is 2. The molecule has 1 aromatic rings. The summed E-state index contributed by atoms with van der Waals surface area (Å²) in [6.45, 7) is 1.36. The quantitative estimate of drug-likeness (QED) is 0.682. The van der Waals surface area contributed by atoms with Crippen LogP contribution in [-0.2, 0) is 4.79 Å². The molecule has 1 rings (SSSR count). The van der Waals surface area contributed by atoms with Crippen molar-refractivity contribution in [3.63, 3.8) is 0 Å². The van der Waals surface area contributed by atoms with Crippen molar-refractivity contribution in [2.45, 2.75) is 12.5 Å². The first kappa shape index (κ1) is 15.5. The summed E-state index contributed by atoms with van der Waals surface area (Å²) in [7, 11) is 3.58. The van der Waals surface area contributed by atoms with Crippen molar-refractivity contribution in [2.24, 2.45) is 5.73 Å². The van der Waals surface area contributed by atoms with Gasteiger partial charge in [-0.25, -0.2) is 4.79 Å². The van der Waals surface area contributed by atoms with Gasteiger partial charge in [0.2, 0.25) is 5.91 Å². The lowest BCUT2D eigenvalue weighted by molar-refractivity contribution is -0.130. The third-order valence-electron chi connectivity index (χ3n) is 2.70. The molecule has 0 bridgehead atoms. The van der Waals surface area contributed by atoms with E-state index in [9.17, 15) is 9.59 Å². The van der Waals surface area contributed by atoms with Crippen LogP contribution in [0, 0.1) is 0 Å². The van der Waals surface area contributed by atoms with Gasteiger partial charge in [-0.1, -0.05) is 6.07 Å². The van der Waals surface area contributed by atoms with Gasteiger partial charge < -0.3 is 21.3 Å². The summed E-state index contributed by atoms with van der Waals surface area (Å²) in [6, 6.07) is 2.78. The standard InChI is InChI=1S/C12H20N4O2S/c1-14-5-6-16(2)11(17)8-9(15-12(13)18)10-4-3-7-19-10/h3-4,7,9,14H,5-6,8H2,1-2H3,(H3,13,15,18). The summed E-state index contributed by atoms with van der Waals surface area (Å²) >= 11 is 1.49. The van der Waals surface area contributed by atoms with E-state index in [1.165, 1.54) is 11.3 Å². The van der Waals surface area contributed by atoms with Gasteiger partial charge in [-0.05, 0) is 18.5 Å². The summed E-state index contributed by atoms with van der Waals surface area (Å²) in [5, 5.41) is 7.50.